The molecule has 2 heterocycles. The number of nitrogens with zero attached hydrogens (tertiary/aromatic N) is 2. The fourth-order valence-electron chi connectivity index (χ4n) is 2.80. The predicted molar refractivity (Wildman–Crippen MR) is 120 cm³/mol. The number of furan rings is 1. The van der Waals surface area contributed by atoms with Gasteiger partial charge in [-0.25, -0.2) is 4.98 Å². The second-order valence-corrected chi connectivity index (χ2v) is 6.93. The molecule has 7 heteroatoms. The number of thiocarbonyl (C=S) groups is 1. The first-order chi connectivity index (χ1) is 14.7. The summed E-state index contributed by atoms with van der Waals surface area (Å²) in [5.74, 6) is 3.10. The third-order valence-corrected chi connectivity index (χ3v) is 4.41. The molecule has 4 rings (SSSR count). The van der Waals surface area contributed by atoms with Gasteiger partial charge in [0.15, 0.2) is 5.11 Å². The van der Waals surface area contributed by atoms with Gasteiger partial charge in [-0.1, -0.05) is 48.5 Å². The highest BCUT2D eigenvalue weighted by atomic mass is 32.1. The van der Waals surface area contributed by atoms with Crippen molar-refractivity contribution in [3.8, 4) is 23.0 Å². The Bertz CT molecular complexity index is 1130. The second-order valence-electron chi connectivity index (χ2n) is 6.53. The Morgan fingerprint density at radius 1 is 0.967 bits per heavy atom. The number of ether oxygens (including phenoxy) is 1. The van der Waals surface area contributed by atoms with E-state index in [0.717, 1.165) is 22.8 Å². The summed E-state index contributed by atoms with van der Waals surface area (Å²) < 4.78 is 11.7. The van der Waals surface area contributed by atoms with Crippen molar-refractivity contribution in [3.05, 3.63) is 90.3 Å². The molecule has 30 heavy (non-hydrogen) atoms. The van der Waals surface area contributed by atoms with Gasteiger partial charge < -0.3 is 19.8 Å². The molecule has 4 aromatic rings. The molecule has 0 aliphatic heterocycles. The van der Waals surface area contributed by atoms with Gasteiger partial charge in [0.05, 0.1) is 6.54 Å². The first-order valence-electron chi connectivity index (χ1n) is 9.43. The van der Waals surface area contributed by atoms with Crippen LogP contribution in [0.25, 0.3) is 11.3 Å². The molecule has 0 atom stereocenters. The summed E-state index contributed by atoms with van der Waals surface area (Å²) in [6.07, 6.45) is 0. The molecule has 6 nitrogen and oxygen atoms in total. The molecule has 0 saturated heterocycles. The van der Waals surface area contributed by atoms with E-state index in [9.17, 15) is 0 Å². The maximum atomic E-state index is 5.87. The lowest BCUT2D eigenvalue weighted by Crippen LogP contribution is -2.28. The number of hydrogen-bond acceptors (Lipinski definition) is 5. The van der Waals surface area contributed by atoms with Crippen LogP contribution in [0.5, 0.6) is 11.6 Å². The maximum absolute atomic E-state index is 5.87. The van der Waals surface area contributed by atoms with Crippen LogP contribution >= 0.6 is 12.2 Å². The minimum Gasteiger partial charge on any atom is -0.459 e. The van der Waals surface area contributed by atoms with Gasteiger partial charge in [-0.05, 0) is 43.4 Å². The Kier molecular flexibility index (Phi) is 6.01. The van der Waals surface area contributed by atoms with E-state index in [4.69, 9.17) is 21.4 Å². The normalized spacial score (nSPS) is 10.4. The van der Waals surface area contributed by atoms with Gasteiger partial charge in [-0.15, -0.1) is 0 Å². The molecule has 0 spiro atoms. The van der Waals surface area contributed by atoms with Crippen LogP contribution in [0.15, 0.2) is 83.3 Å². The van der Waals surface area contributed by atoms with Gasteiger partial charge in [0.2, 0.25) is 11.8 Å². The maximum Gasteiger partial charge on any atom is 0.232 e. The molecule has 2 N–H and O–H groups in total. The monoisotopic (exact) mass is 416 g/mol. The van der Waals surface area contributed by atoms with Crippen LogP contribution in [-0.2, 0) is 6.54 Å². The Hall–Kier alpha value is -3.71. The molecule has 2 aromatic heterocycles. The smallest absolute Gasteiger partial charge is 0.232 e. The molecular weight excluding hydrogens is 396 g/mol. The molecule has 150 valence electrons. The predicted octanol–water partition coefficient (Wildman–Crippen LogP) is 5.32. The van der Waals surface area contributed by atoms with Crippen molar-refractivity contribution in [2.24, 2.45) is 0 Å². The number of anilines is 1. The number of benzene rings is 2. The van der Waals surface area contributed by atoms with Crippen LogP contribution in [0.4, 0.5) is 5.95 Å². The molecule has 2 aromatic carbocycles. The Morgan fingerprint density at radius 2 is 1.70 bits per heavy atom. The van der Waals surface area contributed by atoms with Crippen molar-refractivity contribution in [1.29, 1.82) is 0 Å². The molecule has 0 saturated carbocycles. The van der Waals surface area contributed by atoms with Crippen molar-refractivity contribution in [3.63, 3.8) is 0 Å². The second kappa shape index (κ2) is 9.19. The summed E-state index contributed by atoms with van der Waals surface area (Å²) in [6.45, 7) is 2.31. The number of aromatic nitrogens is 2. The van der Waals surface area contributed by atoms with Crippen LogP contribution < -0.4 is 15.4 Å². The molecule has 0 aliphatic rings. The van der Waals surface area contributed by atoms with E-state index in [1.165, 1.54) is 0 Å². The van der Waals surface area contributed by atoms with E-state index >= 15 is 0 Å². The summed E-state index contributed by atoms with van der Waals surface area (Å²) in [6, 6.07) is 25.0. The van der Waals surface area contributed by atoms with Crippen molar-refractivity contribution in [2.75, 3.05) is 5.32 Å². The van der Waals surface area contributed by atoms with E-state index in [1.807, 2.05) is 79.7 Å². The molecule has 0 radical (unpaired) electrons. The number of para-hydroxylation sites is 1. The fourth-order valence-corrected chi connectivity index (χ4v) is 2.96. The minimum absolute atomic E-state index is 0.364. The summed E-state index contributed by atoms with van der Waals surface area (Å²) in [5.41, 5.74) is 1.79. The van der Waals surface area contributed by atoms with E-state index in [-0.39, 0.29) is 0 Å². The van der Waals surface area contributed by atoms with E-state index in [2.05, 4.69) is 20.6 Å². The summed E-state index contributed by atoms with van der Waals surface area (Å²) in [5, 5.41) is 6.49. The third kappa shape index (κ3) is 5.21. The largest absolute Gasteiger partial charge is 0.459 e. The van der Waals surface area contributed by atoms with Crippen molar-refractivity contribution in [1.82, 2.24) is 15.3 Å². The van der Waals surface area contributed by atoms with E-state index in [0.29, 0.717) is 29.2 Å². The lowest BCUT2D eigenvalue weighted by Gasteiger charge is -2.10. The number of nitrogens with one attached hydrogen (secondary N) is 2. The zero-order chi connectivity index (χ0) is 20.8. The van der Waals surface area contributed by atoms with Crippen LogP contribution in [-0.4, -0.2) is 15.1 Å². The van der Waals surface area contributed by atoms with Crippen LogP contribution in [0.1, 0.15) is 11.5 Å². The summed E-state index contributed by atoms with van der Waals surface area (Å²) in [7, 11) is 0. The van der Waals surface area contributed by atoms with Gasteiger partial charge >= 0.3 is 0 Å². The lowest BCUT2D eigenvalue weighted by molar-refractivity contribution is 0.462. The van der Waals surface area contributed by atoms with Crippen LogP contribution in [0.2, 0.25) is 0 Å². The van der Waals surface area contributed by atoms with Crippen molar-refractivity contribution >= 4 is 23.3 Å². The Morgan fingerprint density at radius 3 is 2.47 bits per heavy atom. The number of hydrogen-bond donors (Lipinski definition) is 2. The summed E-state index contributed by atoms with van der Waals surface area (Å²) >= 11 is 5.37. The van der Waals surface area contributed by atoms with Gasteiger partial charge in [0.25, 0.3) is 0 Å². The van der Waals surface area contributed by atoms with Gasteiger partial charge in [0, 0.05) is 17.3 Å². The Labute approximate surface area is 180 Å². The zero-order valence-corrected chi connectivity index (χ0v) is 17.1. The molecule has 0 bridgehead atoms. The van der Waals surface area contributed by atoms with E-state index < -0.39 is 0 Å². The molecule has 0 unspecified atom stereocenters. The SMILES string of the molecule is Cc1cc(Oc2ccccc2)nc(NC(=S)NCc2ccc(-c3ccccc3)o2)n1. The standard InChI is InChI=1S/C23H20N4O2S/c1-16-14-21(29-18-10-6-3-7-11-18)26-22(25-16)27-23(30)24-15-19-12-13-20(28-19)17-8-4-2-5-9-17/h2-14H,15H2,1H3,(H2,24,25,26,27,30). The molecule has 0 fully saturated rings. The quantitative estimate of drug-likeness (QED) is 0.412. The van der Waals surface area contributed by atoms with Gasteiger partial charge in [0.1, 0.15) is 17.3 Å². The van der Waals surface area contributed by atoms with E-state index in [1.54, 1.807) is 6.07 Å². The third-order valence-electron chi connectivity index (χ3n) is 4.16. The van der Waals surface area contributed by atoms with Crippen molar-refractivity contribution < 1.29 is 9.15 Å². The fraction of sp³-hybridized carbons (Fsp3) is 0.0870. The zero-order valence-electron chi connectivity index (χ0n) is 16.3. The number of rotatable bonds is 6. The highest BCUT2D eigenvalue weighted by Gasteiger charge is 2.08. The molecule has 0 aliphatic carbocycles. The van der Waals surface area contributed by atoms with Crippen LogP contribution in [0.3, 0.4) is 0 Å². The average molecular weight is 417 g/mol. The van der Waals surface area contributed by atoms with Crippen LogP contribution in [0, 0.1) is 6.92 Å². The van der Waals surface area contributed by atoms with Crippen molar-refractivity contribution in [2.45, 2.75) is 13.5 Å². The average Bonchev–Trinajstić information content (AvgIpc) is 3.22. The minimum atomic E-state index is 0.364. The topological polar surface area (TPSA) is 72.2 Å². The first-order valence-corrected chi connectivity index (χ1v) is 9.84. The molecule has 0 amide bonds. The highest BCUT2D eigenvalue weighted by Crippen LogP contribution is 2.22. The van der Waals surface area contributed by atoms with Gasteiger partial charge in [-0.3, -0.25) is 0 Å². The Balaban J connectivity index is 1.36. The highest BCUT2D eigenvalue weighted by molar-refractivity contribution is 7.80. The molecular formula is C23H20N4O2S. The lowest BCUT2D eigenvalue weighted by atomic mass is 10.2. The first kappa shape index (κ1) is 19.6. The number of aryl methyl sites for hydroxylation is 1. The van der Waals surface area contributed by atoms with Gasteiger partial charge in [-0.2, -0.15) is 4.98 Å². The summed E-state index contributed by atoms with van der Waals surface area (Å²) in [4.78, 5) is 8.73.